The van der Waals surface area contributed by atoms with Crippen molar-refractivity contribution in [3.05, 3.63) is 0 Å². The van der Waals surface area contributed by atoms with Gasteiger partial charge in [0, 0.05) is 7.05 Å². The molecule has 0 spiro atoms. The third kappa shape index (κ3) is 8.65. The molecule has 0 bridgehead atoms. The topological polar surface area (TPSA) is 113 Å². The molecule has 0 aromatic rings. The van der Waals surface area contributed by atoms with Crippen LogP contribution in [0.5, 0.6) is 0 Å². The number of nitrogens with zero attached hydrogens (tertiary/aromatic N) is 1. The van der Waals surface area contributed by atoms with Gasteiger partial charge in [-0.15, -0.1) is 0 Å². The van der Waals surface area contributed by atoms with Gasteiger partial charge in [0.2, 0.25) is 11.8 Å². The molecule has 0 rings (SSSR count). The maximum absolute atomic E-state index is 12.8. The first-order valence-electron chi connectivity index (χ1n) is 9.42. The highest BCUT2D eigenvalue weighted by Crippen LogP contribution is 2.15. The van der Waals surface area contributed by atoms with Crippen molar-refractivity contribution in [2.45, 2.75) is 78.9 Å². The van der Waals surface area contributed by atoms with Crippen LogP contribution in [0.4, 0.5) is 0 Å². The number of hydrogen-bond donors (Lipinski definition) is 3. The molecule has 0 aromatic carbocycles. The van der Waals surface area contributed by atoms with Gasteiger partial charge in [0.15, 0.2) is 0 Å². The Labute approximate surface area is 157 Å². The summed E-state index contributed by atoms with van der Waals surface area (Å²) in [5.74, 6) is -1.26. The highest BCUT2D eigenvalue weighted by Gasteiger charge is 2.33. The fourth-order valence-electron chi connectivity index (χ4n) is 2.87. The first kappa shape index (κ1) is 24.4. The van der Waals surface area contributed by atoms with E-state index in [9.17, 15) is 19.5 Å². The van der Waals surface area contributed by atoms with Crippen LogP contribution in [0.15, 0.2) is 0 Å². The van der Waals surface area contributed by atoms with Crippen LogP contribution >= 0.6 is 0 Å². The molecule has 0 aliphatic carbocycles. The molecule has 0 radical (unpaired) electrons. The predicted molar refractivity (Wildman–Crippen MR) is 102 cm³/mol. The number of amides is 2. The maximum Gasteiger partial charge on any atom is 0.326 e. The molecule has 0 aromatic heterocycles. The minimum Gasteiger partial charge on any atom is -0.480 e. The standard InChI is InChI=1S/C19H37N3O4/c1-11(2)8-14(20)18(24)22(7)16(10-13(5)6)17(23)21-15(19(25)26)9-12(3)4/h11-16H,8-10,20H2,1-7H3,(H,21,23)(H,25,26)/t14-,15+,16+/m1/s1. The summed E-state index contributed by atoms with van der Waals surface area (Å²) in [7, 11) is 1.56. The lowest BCUT2D eigenvalue weighted by atomic mass is 9.98. The van der Waals surface area contributed by atoms with E-state index < -0.39 is 30.0 Å². The third-order valence-electron chi connectivity index (χ3n) is 4.18. The second kappa shape index (κ2) is 11.2. The van der Waals surface area contributed by atoms with E-state index in [0.29, 0.717) is 19.3 Å². The van der Waals surface area contributed by atoms with Crippen LogP contribution in [0.25, 0.3) is 0 Å². The number of carboxylic acid groups (broad SMARTS) is 1. The molecular weight excluding hydrogens is 334 g/mol. The SMILES string of the molecule is CC(C)C[C@@H](N)C(=O)N(C)[C@@H](CC(C)C)C(=O)N[C@@H](CC(C)C)C(=O)O. The van der Waals surface area contributed by atoms with Gasteiger partial charge < -0.3 is 21.1 Å². The van der Waals surface area contributed by atoms with Crippen molar-refractivity contribution in [1.29, 1.82) is 0 Å². The molecule has 0 saturated carbocycles. The lowest BCUT2D eigenvalue weighted by Gasteiger charge is -2.32. The Hall–Kier alpha value is -1.63. The zero-order valence-corrected chi connectivity index (χ0v) is 17.3. The third-order valence-corrected chi connectivity index (χ3v) is 4.18. The first-order chi connectivity index (χ1) is 11.9. The predicted octanol–water partition coefficient (Wildman–Crippen LogP) is 1.85. The number of nitrogens with two attached hydrogens (primary N) is 1. The fourth-order valence-corrected chi connectivity index (χ4v) is 2.87. The molecule has 7 heteroatoms. The number of nitrogens with one attached hydrogen (secondary N) is 1. The summed E-state index contributed by atoms with van der Waals surface area (Å²) < 4.78 is 0. The Morgan fingerprint density at radius 1 is 0.923 bits per heavy atom. The molecule has 0 unspecified atom stereocenters. The van der Waals surface area contributed by atoms with Crippen LogP contribution in [0.1, 0.15) is 60.8 Å². The van der Waals surface area contributed by atoms with Crippen LogP contribution in [-0.2, 0) is 14.4 Å². The van der Waals surface area contributed by atoms with E-state index in [0.717, 1.165) is 0 Å². The lowest BCUT2D eigenvalue weighted by molar-refractivity contribution is -0.145. The summed E-state index contributed by atoms with van der Waals surface area (Å²) >= 11 is 0. The van der Waals surface area contributed by atoms with E-state index in [4.69, 9.17) is 5.73 Å². The molecule has 0 saturated heterocycles. The van der Waals surface area contributed by atoms with Gasteiger partial charge in [0.1, 0.15) is 12.1 Å². The van der Waals surface area contributed by atoms with Gasteiger partial charge in [0.25, 0.3) is 0 Å². The van der Waals surface area contributed by atoms with E-state index in [1.54, 1.807) is 7.05 Å². The zero-order valence-electron chi connectivity index (χ0n) is 17.3. The van der Waals surface area contributed by atoms with E-state index in [2.05, 4.69) is 5.32 Å². The van der Waals surface area contributed by atoms with Crippen molar-refractivity contribution in [2.75, 3.05) is 7.05 Å². The molecule has 0 heterocycles. The van der Waals surface area contributed by atoms with Crippen LogP contribution in [-0.4, -0.2) is 53.0 Å². The van der Waals surface area contributed by atoms with Crippen molar-refractivity contribution in [1.82, 2.24) is 10.2 Å². The quantitative estimate of drug-likeness (QED) is 0.513. The van der Waals surface area contributed by atoms with Gasteiger partial charge in [-0.05, 0) is 37.0 Å². The number of carboxylic acids is 1. The summed E-state index contributed by atoms with van der Waals surface area (Å²) in [4.78, 5) is 38.2. The molecule has 0 aliphatic heterocycles. The van der Waals surface area contributed by atoms with Gasteiger partial charge in [-0.2, -0.15) is 0 Å². The van der Waals surface area contributed by atoms with Crippen molar-refractivity contribution in [3.63, 3.8) is 0 Å². The van der Waals surface area contributed by atoms with Crippen LogP contribution in [0, 0.1) is 17.8 Å². The number of hydrogen-bond acceptors (Lipinski definition) is 4. The highest BCUT2D eigenvalue weighted by atomic mass is 16.4. The molecule has 4 N–H and O–H groups in total. The van der Waals surface area contributed by atoms with Crippen molar-refractivity contribution < 1.29 is 19.5 Å². The summed E-state index contributed by atoms with van der Waals surface area (Å²) in [5, 5.41) is 12.0. The normalized spacial score (nSPS) is 15.0. The van der Waals surface area contributed by atoms with E-state index >= 15 is 0 Å². The van der Waals surface area contributed by atoms with Gasteiger partial charge in [-0.25, -0.2) is 4.79 Å². The van der Waals surface area contributed by atoms with Crippen LogP contribution in [0.3, 0.4) is 0 Å². The molecule has 0 aliphatic rings. The monoisotopic (exact) mass is 371 g/mol. The molecular formula is C19H37N3O4. The number of aliphatic carboxylic acids is 1. The van der Waals surface area contributed by atoms with Gasteiger partial charge in [-0.3, -0.25) is 9.59 Å². The minimum atomic E-state index is -1.07. The zero-order chi connectivity index (χ0) is 20.6. The summed E-state index contributed by atoms with van der Waals surface area (Å²) in [6.07, 6.45) is 1.31. The Morgan fingerprint density at radius 2 is 1.38 bits per heavy atom. The van der Waals surface area contributed by atoms with Gasteiger partial charge >= 0.3 is 5.97 Å². The molecule has 7 nitrogen and oxygen atoms in total. The molecule has 0 fully saturated rings. The second-order valence-electron chi connectivity index (χ2n) is 8.36. The largest absolute Gasteiger partial charge is 0.480 e. The lowest BCUT2D eigenvalue weighted by Crippen LogP contribution is -2.55. The second-order valence-corrected chi connectivity index (χ2v) is 8.36. The van der Waals surface area contributed by atoms with Crippen molar-refractivity contribution in [3.8, 4) is 0 Å². The Morgan fingerprint density at radius 3 is 1.77 bits per heavy atom. The molecule has 152 valence electrons. The summed E-state index contributed by atoms with van der Waals surface area (Å²) in [6.45, 7) is 11.7. The summed E-state index contributed by atoms with van der Waals surface area (Å²) in [5.41, 5.74) is 5.99. The molecule has 3 atom stereocenters. The average Bonchev–Trinajstić information content (AvgIpc) is 2.48. The first-order valence-corrected chi connectivity index (χ1v) is 9.42. The van der Waals surface area contributed by atoms with Gasteiger partial charge in [0.05, 0.1) is 6.04 Å². The van der Waals surface area contributed by atoms with E-state index in [1.807, 2.05) is 41.5 Å². The fraction of sp³-hybridized carbons (Fsp3) is 0.842. The van der Waals surface area contributed by atoms with Crippen LogP contribution < -0.4 is 11.1 Å². The van der Waals surface area contributed by atoms with Crippen molar-refractivity contribution >= 4 is 17.8 Å². The number of likely N-dealkylation sites (N-methyl/N-ethyl adjacent to an activating group) is 1. The molecule has 26 heavy (non-hydrogen) atoms. The number of carbonyl (C=O) groups excluding carboxylic acids is 2. The van der Waals surface area contributed by atoms with Crippen molar-refractivity contribution in [2.24, 2.45) is 23.5 Å². The van der Waals surface area contributed by atoms with E-state index in [-0.39, 0.29) is 23.7 Å². The number of carbonyl (C=O) groups is 3. The minimum absolute atomic E-state index is 0.124. The smallest absolute Gasteiger partial charge is 0.326 e. The Bertz CT molecular complexity index is 477. The Kier molecular flexibility index (Phi) is 10.5. The number of rotatable bonds is 11. The van der Waals surface area contributed by atoms with Crippen LogP contribution in [0.2, 0.25) is 0 Å². The van der Waals surface area contributed by atoms with Gasteiger partial charge in [-0.1, -0.05) is 41.5 Å². The molecule has 2 amide bonds. The summed E-state index contributed by atoms with van der Waals surface area (Å²) in [6, 6.07) is -2.38. The highest BCUT2D eigenvalue weighted by molar-refractivity contribution is 5.91. The maximum atomic E-state index is 12.8. The average molecular weight is 372 g/mol. The van der Waals surface area contributed by atoms with E-state index in [1.165, 1.54) is 4.90 Å². The Balaban J connectivity index is 5.29.